The Morgan fingerprint density at radius 2 is 2.00 bits per heavy atom. The standard InChI is InChI=1S/C14H29N3O2S/c1-3-20(18,19)17-9-6-13(7-10-17)16-12(2)11-14-5-4-8-15-14/h12-16H,3-11H2,1-2H3. The van der Waals surface area contributed by atoms with Gasteiger partial charge in [-0.1, -0.05) is 0 Å². The van der Waals surface area contributed by atoms with Crippen LogP contribution in [-0.2, 0) is 10.0 Å². The van der Waals surface area contributed by atoms with Gasteiger partial charge in [-0.15, -0.1) is 0 Å². The van der Waals surface area contributed by atoms with Gasteiger partial charge < -0.3 is 10.6 Å². The van der Waals surface area contributed by atoms with Crippen LogP contribution in [0, 0.1) is 0 Å². The summed E-state index contributed by atoms with van der Waals surface area (Å²) in [6, 6.07) is 1.64. The van der Waals surface area contributed by atoms with Crippen molar-refractivity contribution in [2.75, 3.05) is 25.4 Å². The second kappa shape index (κ2) is 7.20. The van der Waals surface area contributed by atoms with E-state index in [-0.39, 0.29) is 5.75 Å². The summed E-state index contributed by atoms with van der Waals surface area (Å²) in [5, 5.41) is 7.21. The highest BCUT2D eigenvalue weighted by molar-refractivity contribution is 7.89. The molecular formula is C14H29N3O2S. The number of sulfonamides is 1. The lowest BCUT2D eigenvalue weighted by molar-refractivity contribution is 0.269. The maximum atomic E-state index is 11.8. The summed E-state index contributed by atoms with van der Waals surface area (Å²) in [5.74, 6) is 0.217. The van der Waals surface area contributed by atoms with E-state index < -0.39 is 10.0 Å². The van der Waals surface area contributed by atoms with Crippen molar-refractivity contribution in [2.24, 2.45) is 0 Å². The van der Waals surface area contributed by atoms with Crippen molar-refractivity contribution in [1.29, 1.82) is 0 Å². The van der Waals surface area contributed by atoms with Gasteiger partial charge in [0.15, 0.2) is 0 Å². The number of nitrogens with one attached hydrogen (secondary N) is 2. The zero-order valence-corrected chi connectivity index (χ0v) is 13.6. The minimum Gasteiger partial charge on any atom is -0.314 e. The predicted molar refractivity (Wildman–Crippen MR) is 82.3 cm³/mol. The van der Waals surface area contributed by atoms with Gasteiger partial charge >= 0.3 is 0 Å². The Balaban J connectivity index is 1.71. The Labute approximate surface area is 123 Å². The van der Waals surface area contributed by atoms with Crippen molar-refractivity contribution in [3.63, 3.8) is 0 Å². The molecule has 0 spiro atoms. The van der Waals surface area contributed by atoms with Gasteiger partial charge in [-0.3, -0.25) is 0 Å². The zero-order valence-electron chi connectivity index (χ0n) is 12.8. The number of hydrogen-bond donors (Lipinski definition) is 2. The fourth-order valence-corrected chi connectivity index (χ4v) is 4.47. The SMILES string of the molecule is CCS(=O)(=O)N1CCC(NC(C)CC2CCCN2)CC1. The molecule has 2 unspecified atom stereocenters. The normalized spacial score (nSPS) is 27.8. The van der Waals surface area contributed by atoms with Gasteiger partial charge in [0.05, 0.1) is 5.75 Å². The first-order chi connectivity index (χ1) is 9.51. The molecule has 2 aliphatic rings. The zero-order chi connectivity index (χ0) is 14.6. The maximum absolute atomic E-state index is 11.8. The van der Waals surface area contributed by atoms with Crippen LogP contribution in [0.3, 0.4) is 0 Å². The van der Waals surface area contributed by atoms with E-state index in [1.807, 2.05) is 0 Å². The van der Waals surface area contributed by atoms with Crippen LogP contribution in [0.5, 0.6) is 0 Å². The third kappa shape index (κ3) is 4.41. The van der Waals surface area contributed by atoms with E-state index >= 15 is 0 Å². The molecule has 118 valence electrons. The molecular weight excluding hydrogens is 274 g/mol. The van der Waals surface area contributed by atoms with E-state index in [9.17, 15) is 8.42 Å². The fraction of sp³-hybridized carbons (Fsp3) is 1.00. The molecule has 2 saturated heterocycles. The Morgan fingerprint density at radius 1 is 1.30 bits per heavy atom. The van der Waals surface area contributed by atoms with E-state index in [4.69, 9.17) is 0 Å². The number of rotatable bonds is 6. The molecule has 0 saturated carbocycles. The molecule has 0 radical (unpaired) electrons. The molecule has 2 fully saturated rings. The molecule has 0 bridgehead atoms. The molecule has 0 aliphatic carbocycles. The third-order valence-electron chi connectivity index (χ3n) is 4.53. The van der Waals surface area contributed by atoms with Gasteiger partial charge in [0.1, 0.15) is 0 Å². The molecule has 5 nitrogen and oxygen atoms in total. The Morgan fingerprint density at radius 3 is 2.55 bits per heavy atom. The monoisotopic (exact) mass is 303 g/mol. The quantitative estimate of drug-likeness (QED) is 0.766. The summed E-state index contributed by atoms with van der Waals surface area (Å²) >= 11 is 0. The summed E-state index contributed by atoms with van der Waals surface area (Å²) in [7, 11) is -3.00. The van der Waals surface area contributed by atoms with E-state index in [0.717, 1.165) is 19.4 Å². The number of nitrogens with zero attached hydrogens (tertiary/aromatic N) is 1. The number of hydrogen-bond acceptors (Lipinski definition) is 4. The van der Waals surface area contributed by atoms with Gasteiger partial charge in [-0.2, -0.15) is 0 Å². The molecule has 0 aromatic rings. The maximum Gasteiger partial charge on any atom is 0.213 e. The van der Waals surface area contributed by atoms with E-state index in [1.165, 1.54) is 19.3 Å². The van der Waals surface area contributed by atoms with Crippen LogP contribution in [0.15, 0.2) is 0 Å². The average Bonchev–Trinajstić information content (AvgIpc) is 2.92. The van der Waals surface area contributed by atoms with Crippen LogP contribution in [0.4, 0.5) is 0 Å². The van der Waals surface area contributed by atoms with Gasteiger partial charge in [0.2, 0.25) is 10.0 Å². The summed E-state index contributed by atoms with van der Waals surface area (Å²) in [4.78, 5) is 0. The Bertz CT molecular complexity index is 385. The molecule has 0 aromatic carbocycles. The van der Waals surface area contributed by atoms with Crippen LogP contribution in [0.1, 0.15) is 46.0 Å². The van der Waals surface area contributed by atoms with Gasteiger partial charge in [0.25, 0.3) is 0 Å². The largest absolute Gasteiger partial charge is 0.314 e. The third-order valence-corrected chi connectivity index (χ3v) is 6.41. The first-order valence-electron chi connectivity index (χ1n) is 7.98. The minimum atomic E-state index is -3.00. The Hall–Kier alpha value is -0.170. The van der Waals surface area contributed by atoms with Crippen molar-refractivity contribution in [3.05, 3.63) is 0 Å². The molecule has 2 atom stereocenters. The van der Waals surface area contributed by atoms with Crippen molar-refractivity contribution >= 4 is 10.0 Å². The van der Waals surface area contributed by atoms with Gasteiger partial charge in [0, 0.05) is 31.2 Å². The molecule has 6 heteroatoms. The molecule has 0 amide bonds. The molecule has 0 aromatic heterocycles. The Kier molecular flexibility index (Phi) is 5.84. The van der Waals surface area contributed by atoms with Crippen molar-refractivity contribution < 1.29 is 8.42 Å². The fourth-order valence-electron chi connectivity index (χ4n) is 3.34. The lowest BCUT2D eigenvalue weighted by Crippen LogP contribution is -2.48. The van der Waals surface area contributed by atoms with E-state index in [1.54, 1.807) is 11.2 Å². The minimum absolute atomic E-state index is 0.217. The number of piperidine rings is 1. The highest BCUT2D eigenvalue weighted by atomic mass is 32.2. The summed E-state index contributed by atoms with van der Waals surface area (Å²) in [6.45, 7) is 6.46. The first-order valence-corrected chi connectivity index (χ1v) is 9.59. The van der Waals surface area contributed by atoms with Crippen molar-refractivity contribution in [2.45, 2.75) is 64.1 Å². The van der Waals surface area contributed by atoms with E-state index in [2.05, 4.69) is 17.6 Å². The summed E-state index contributed by atoms with van der Waals surface area (Å²) < 4.78 is 25.3. The van der Waals surface area contributed by atoms with Crippen LogP contribution in [-0.4, -0.2) is 56.2 Å². The lowest BCUT2D eigenvalue weighted by atomic mass is 10.0. The highest BCUT2D eigenvalue weighted by Crippen LogP contribution is 2.17. The lowest BCUT2D eigenvalue weighted by Gasteiger charge is -2.33. The van der Waals surface area contributed by atoms with Crippen molar-refractivity contribution in [1.82, 2.24) is 14.9 Å². The second-order valence-corrected chi connectivity index (χ2v) is 8.43. The summed E-state index contributed by atoms with van der Waals surface area (Å²) in [6.07, 6.45) is 5.63. The first kappa shape index (κ1) is 16.2. The van der Waals surface area contributed by atoms with E-state index in [0.29, 0.717) is 31.2 Å². The van der Waals surface area contributed by atoms with Crippen LogP contribution in [0.25, 0.3) is 0 Å². The molecule has 2 rings (SSSR count). The molecule has 2 N–H and O–H groups in total. The van der Waals surface area contributed by atoms with Crippen molar-refractivity contribution in [3.8, 4) is 0 Å². The smallest absolute Gasteiger partial charge is 0.213 e. The summed E-state index contributed by atoms with van der Waals surface area (Å²) in [5.41, 5.74) is 0. The molecule has 20 heavy (non-hydrogen) atoms. The van der Waals surface area contributed by atoms with Crippen LogP contribution >= 0.6 is 0 Å². The predicted octanol–water partition coefficient (Wildman–Crippen LogP) is 0.921. The van der Waals surface area contributed by atoms with Gasteiger partial charge in [-0.25, -0.2) is 12.7 Å². The average molecular weight is 303 g/mol. The highest BCUT2D eigenvalue weighted by Gasteiger charge is 2.27. The van der Waals surface area contributed by atoms with Crippen LogP contribution < -0.4 is 10.6 Å². The van der Waals surface area contributed by atoms with Gasteiger partial charge in [-0.05, 0) is 52.5 Å². The van der Waals surface area contributed by atoms with Crippen LogP contribution in [0.2, 0.25) is 0 Å². The molecule has 2 heterocycles. The topological polar surface area (TPSA) is 61.4 Å². The second-order valence-electron chi connectivity index (χ2n) is 6.17. The molecule has 2 aliphatic heterocycles.